The molecule has 0 radical (unpaired) electrons. The van der Waals surface area contributed by atoms with Crippen LogP contribution in [-0.2, 0) is 11.2 Å². The fourth-order valence-corrected chi connectivity index (χ4v) is 2.07. The number of carboxylic acids is 1. The summed E-state index contributed by atoms with van der Waals surface area (Å²) in [5, 5.41) is 11.1. The molecule has 5 nitrogen and oxygen atoms in total. The molecule has 0 bridgehead atoms. The summed E-state index contributed by atoms with van der Waals surface area (Å²) in [7, 11) is 0. The second kappa shape index (κ2) is 6.30. The van der Waals surface area contributed by atoms with Crippen LogP contribution in [0.3, 0.4) is 0 Å². The van der Waals surface area contributed by atoms with Crippen LogP contribution in [0, 0.1) is 0 Å². The number of carboxylic acid groups (broad SMARTS) is 1. The van der Waals surface area contributed by atoms with Crippen molar-refractivity contribution in [3.8, 4) is 11.5 Å². The summed E-state index contributed by atoms with van der Waals surface area (Å²) in [6.07, 6.45) is 1.15. The molecule has 2 aromatic heterocycles. The number of carbonyl (C=O) groups excluding carboxylic acids is 1. The van der Waals surface area contributed by atoms with Crippen molar-refractivity contribution in [1.82, 2.24) is 0 Å². The Morgan fingerprint density at radius 1 is 1.14 bits per heavy atom. The van der Waals surface area contributed by atoms with Crippen LogP contribution in [0.15, 0.2) is 56.3 Å². The molecule has 21 heavy (non-hydrogen) atoms. The van der Waals surface area contributed by atoms with Crippen molar-refractivity contribution in [2.45, 2.75) is 6.42 Å². The van der Waals surface area contributed by atoms with Gasteiger partial charge in [-0.3, -0.25) is 4.79 Å². The molecule has 0 fully saturated rings. The normalized spacial score (nSPS) is 10.3. The van der Waals surface area contributed by atoms with Crippen LogP contribution in [0.1, 0.15) is 5.56 Å². The molecule has 0 N–H and O–H groups in total. The first kappa shape index (κ1) is 15.6. The van der Waals surface area contributed by atoms with Gasteiger partial charge in [-0.2, -0.15) is 0 Å². The minimum atomic E-state index is -1.23. The Bertz CT molecular complexity index is 833. The summed E-state index contributed by atoms with van der Waals surface area (Å²) in [5.41, 5.74) is 0.390. The standard InChI is InChI=1S/C15H10O5.Na/c16-11-8-13(12-5-2-6-19-12)20-15-9(7-14(17)18)3-1-4-10(11)15;/h1-6,8H,7H2,(H,17,18);/q;+1/p-1. The van der Waals surface area contributed by atoms with Gasteiger partial charge in [-0.15, -0.1) is 0 Å². The minimum absolute atomic E-state index is 0. The third-order valence-corrected chi connectivity index (χ3v) is 2.94. The number of hydrogen-bond acceptors (Lipinski definition) is 5. The summed E-state index contributed by atoms with van der Waals surface area (Å²) in [6, 6.07) is 9.45. The van der Waals surface area contributed by atoms with Crippen LogP contribution in [-0.4, -0.2) is 5.97 Å². The third kappa shape index (κ3) is 3.10. The van der Waals surface area contributed by atoms with Gasteiger partial charge in [0.05, 0.1) is 11.6 Å². The van der Waals surface area contributed by atoms with Gasteiger partial charge in [-0.05, 0) is 18.2 Å². The SMILES string of the molecule is O=C([O-])Cc1cccc2c(=O)cc(-c3ccco3)oc12.[Na+]. The van der Waals surface area contributed by atoms with Gasteiger partial charge in [0.1, 0.15) is 5.58 Å². The zero-order valence-electron chi connectivity index (χ0n) is 11.3. The molecule has 0 unspecified atom stereocenters. The van der Waals surface area contributed by atoms with E-state index >= 15 is 0 Å². The van der Waals surface area contributed by atoms with Crippen molar-refractivity contribution in [1.29, 1.82) is 0 Å². The second-order valence-corrected chi connectivity index (χ2v) is 4.29. The van der Waals surface area contributed by atoms with Crippen molar-refractivity contribution in [3.05, 3.63) is 58.4 Å². The van der Waals surface area contributed by atoms with Gasteiger partial charge in [0, 0.05) is 24.0 Å². The van der Waals surface area contributed by atoms with Gasteiger partial charge in [-0.25, -0.2) is 0 Å². The quantitative estimate of drug-likeness (QED) is 0.540. The Morgan fingerprint density at radius 3 is 2.62 bits per heavy atom. The van der Waals surface area contributed by atoms with Crippen LogP contribution in [0.25, 0.3) is 22.5 Å². The van der Waals surface area contributed by atoms with Gasteiger partial charge < -0.3 is 18.7 Å². The molecule has 100 valence electrons. The van der Waals surface area contributed by atoms with Crippen LogP contribution < -0.4 is 40.1 Å². The largest absolute Gasteiger partial charge is 1.00 e. The fourth-order valence-electron chi connectivity index (χ4n) is 2.07. The maximum absolute atomic E-state index is 12.1. The van der Waals surface area contributed by atoms with E-state index in [1.807, 2.05) is 0 Å². The van der Waals surface area contributed by atoms with E-state index in [0.717, 1.165) is 0 Å². The summed E-state index contributed by atoms with van der Waals surface area (Å²) in [6.45, 7) is 0. The molecule has 6 heteroatoms. The molecular weight excluding hydrogens is 283 g/mol. The Labute approximate surface area is 141 Å². The van der Waals surface area contributed by atoms with Crippen LogP contribution in [0.2, 0.25) is 0 Å². The van der Waals surface area contributed by atoms with Crippen molar-refractivity contribution < 1.29 is 48.3 Å². The van der Waals surface area contributed by atoms with E-state index in [4.69, 9.17) is 8.83 Å². The van der Waals surface area contributed by atoms with Gasteiger partial charge in [0.2, 0.25) is 0 Å². The maximum Gasteiger partial charge on any atom is 1.00 e. The Hall–Kier alpha value is -1.82. The Kier molecular flexibility index (Phi) is 4.67. The van der Waals surface area contributed by atoms with Gasteiger partial charge in [0.25, 0.3) is 0 Å². The van der Waals surface area contributed by atoms with Crippen LogP contribution in [0.4, 0.5) is 0 Å². The smallest absolute Gasteiger partial charge is 0.550 e. The Balaban J connectivity index is 0.00000161. The number of aliphatic carboxylic acids is 1. The third-order valence-electron chi connectivity index (χ3n) is 2.94. The number of rotatable bonds is 3. The molecule has 0 saturated carbocycles. The molecule has 0 aliphatic rings. The molecule has 0 atom stereocenters. The number of para-hydroxylation sites is 1. The second-order valence-electron chi connectivity index (χ2n) is 4.29. The summed E-state index contributed by atoms with van der Waals surface area (Å²) < 4.78 is 10.8. The molecule has 3 rings (SSSR count). The molecule has 0 aliphatic carbocycles. The molecule has 2 heterocycles. The number of carbonyl (C=O) groups is 1. The molecule has 1 aromatic carbocycles. The number of benzene rings is 1. The van der Waals surface area contributed by atoms with Crippen LogP contribution in [0.5, 0.6) is 0 Å². The van der Waals surface area contributed by atoms with Crippen molar-refractivity contribution in [3.63, 3.8) is 0 Å². The maximum atomic E-state index is 12.1. The first-order chi connectivity index (χ1) is 9.65. The van der Waals surface area contributed by atoms with E-state index in [0.29, 0.717) is 16.7 Å². The summed E-state index contributed by atoms with van der Waals surface area (Å²) in [5.74, 6) is -0.561. The summed E-state index contributed by atoms with van der Waals surface area (Å²) in [4.78, 5) is 22.8. The minimum Gasteiger partial charge on any atom is -0.550 e. The first-order valence-electron chi connectivity index (χ1n) is 5.94. The Morgan fingerprint density at radius 2 is 1.95 bits per heavy atom. The number of hydrogen-bond donors (Lipinski definition) is 0. The molecule has 0 spiro atoms. The zero-order chi connectivity index (χ0) is 14.1. The molecule has 0 saturated heterocycles. The molecular formula is C15H9NaO5. The molecule has 0 aliphatic heterocycles. The average molecular weight is 292 g/mol. The van der Waals surface area contributed by atoms with E-state index in [1.54, 1.807) is 30.3 Å². The fraction of sp³-hybridized carbons (Fsp3) is 0.0667. The molecule has 0 amide bonds. The number of fused-ring (bicyclic) bond motifs is 1. The van der Waals surface area contributed by atoms with Gasteiger partial charge in [0.15, 0.2) is 16.9 Å². The summed E-state index contributed by atoms with van der Waals surface area (Å²) >= 11 is 0. The predicted molar refractivity (Wildman–Crippen MR) is 68.9 cm³/mol. The average Bonchev–Trinajstić information content (AvgIpc) is 2.93. The van der Waals surface area contributed by atoms with Gasteiger partial charge >= 0.3 is 29.6 Å². The zero-order valence-corrected chi connectivity index (χ0v) is 13.3. The molecule has 3 aromatic rings. The number of furan rings is 1. The van der Waals surface area contributed by atoms with Crippen molar-refractivity contribution >= 4 is 16.9 Å². The van der Waals surface area contributed by atoms with Crippen molar-refractivity contribution in [2.24, 2.45) is 0 Å². The van der Waals surface area contributed by atoms with E-state index in [2.05, 4.69) is 0 Å². The van der Waals surface area contributed by atoms with Gasteiger partial charge in [-0.1, -0.05) is 12.1 Å². The van der Waals surface area contributed by atoms with E-state index in [9.17, 15) is 14.7 Å². The predicted octanol–water partition coefficient (Wildman–Crippen LogP) is -1.65. The van der Waals surface area contributed by atoms with Crippen molar-refractivity contribution in [2.75, 3.05) is 0 Å². The first-order valence-corrected chi connectivity index (χ1v) is 5.94. The van der Waals surface area contributed by atoms with E-state index < -0.39 is 5.97 Å². The monoisotopic (exact) mass is 292 g/mol. The topological polar surface area (TPSA) is 83.5 Å². The van der Waals surface area contributed by atoms with E-state index in [-0.39, 0.29) is 52.8 Å². The van der Waals surface area contributed by atoms with E-state index in [1.165, 1.54) is 12.3 Å². The van der Waals surface area contributed by atoms with Crippen LogP contribution >= 0.6 is 0 Å².